The topological polar surface area (TPSA) is 101 Å². The van der Waals surface area contributed by atoms with E-state index in [9.17, 15) is 27.9 Å². The van der Waals surface area contributed by atoms with Crippen LogP contribution in [0, 0.1) is 5.92 Å². The Morgan fingerprint density at radius 3 is 2.54 bits per heavy atom. The number of hydrogen-bond acceptors (Lipinski definition) is 7. The SMILES string of the molecule is COc1ccc(CN(C)C[C@H]2OCCCC[C@@H](C)Oc3ccc(NC(=O)CCC(F)(F)F)cc3C(=O)N([C@H](C)CO)C[C@H]2C)cc1. The van der Waals surface area contributed by atoms with Crippen molar-refractivity contribution in [1.82, 2.24) is 9.80 Å². The Morgan fingerprint density at radius 1 is 1.17 bits per heavy atom. The Hall–Kier alpha value is -3.35. The first-order valence-electron chi connectivity index (χ1n) is 15.8. The van der Waals surface area contributed by atoms with Crippen LogP contribution in [-0.4, -0.2) is 91.6 Å². The molecule has 0 aromatic heterocycles. The van der Waals surface area contributed by atoms with Crippen LogP contribution in [0.4, 0.5) is 18.9 Å². The van der Waals surface area contributed by atoms with E-state index in [1.807, 2.05) is 45.2 Å². The Morgan fingerprint density at radius 2 is 1.89 bits per heavy atom. The lowest BCUT2D eigenvalue weighted by atomic mass is 10.0. The molecule has 0 unspecified atom stereocenters. The van der Waals surface area contributed by atoms with Gasteiger partial charge in [0.05, 0.1) is 44.0 Å². The molecule has 1 aliphatic rings. The molecule has 2 aromatic carbocycles. The van der Waals surface area contributed by atoms with Crippen molar-refractivity contribution in [3.63, 3.8) is 0 Å². The largest absolute Gasteiger partial charge is 0.497 e. The van der Waals surface area contributed by atoms with Crippen molar-refractivity contribution in [2.24, 2.45) is 5.92 Å². The Labute approximate surface area is 270 Å². The fourth-order valence-corrected chi connectivity index (χ4v) is 5.36. The van der Waals surface area contributed by atoms with E-state index in [2.05, 4.69) is 10.2 Å². The maximum Gasteiger partial charge on any atom is 0.389 e. The Balaban J connectivity index is 1.87. The number of anilines is 1. The van der Waals surface area contributed by atoms with Gasteiger partial charge in [-0.2, -0.15) is 13.2 Å². The molecule has 2 N–H and O–H groups in total. The summed E-state index contributed by atoms with van der Waals surface area (Å²) in [6, 6.07) is 11.8. The van der Waals surface area contributed by atoms with Crippen LogP contribution >= 0.6 is 0 Å². The van der Waals surface area contributed by atoms with Crippen molar-refractivity contribution in [3.8, 4) is 11.5 Å². The summed E-state index contributed by atoms with van der Waals surface area (Å²) in [5.74, 6) is -0.280. The minimum atomic E-state index is -4.46. The number of aliphatic hydroxyl groups excluding tert-OH is 1. The number of nitrogens with one attached hydrogen (secondary N) is 1. The first-order chi connectivity index (χ1) is 21.8. The highest BCUT2D eigenvalue weighted by atomic mass is 19.4. The van der Waals surface area contributed by atoms with Crippen LogP contribution < -0.4 is 14.8 Å². The van der Waals surface area contributed by atoms with Gasteiger partial charge in [-0.1, -0.05) is 19.1 Å². The molecule has 0 aliphatic carbocycles. The molecule has 0 saturated heterocycles. The molecule has 2 amide bonds. The highest BCUT2D eigenvalue weighted by Crippen LogP contribution is 2.29. The lowest BCUT2D eigenvalue weighted by molar-refractivity contribution is -0.142. The van der Waals surface area contributed by atoms with Gasteiger partial charge in [0.25, 0.3) is 5.91 Å². The van der Waals surface area contributed by atoms with Gasteiger partial charge in [0.1, 0.15) is 11.5 Å². The number of nitrogens with zero attached hydrogens (tertiary/aromatic N) is 2. The van der Waals surface area contributed by atoms with Gasteiger partial charge in [-0.05, 0) is 76.1 Å². The van der Waals surface area contributed by atoms with Gasteiger partial charge in [0.15, 0.2) is 0 Å². The van der Waals surface area contributed by atoms with Crippen LogP contribution in [0.5, 0.6) is 11.5 Å². The standard InChI is InChI=1S/C34H48F3N3O6/c1-23-19-40(24(2)22-41)33(43)29-18-27(38-32(42)15-16-34(35,36)37)11-14-30(29)46-25(3)8-6-7-17-45-31(23)21-39(4)20-26-9-12-28(44-5)13-10-26/h9-14,18,23-25,31,41H,6-8,15-17,19-22H2,1-5H3,(H,38,42)/t23-,24-,25-,31-/m1/s1. The Kier molecular flexibility index (Phi) is 14.1. The van der Waals surface area contributed by atoms with Crippen LogP contribution in [0.3, 0.4) is 0 Å². The summed E-state index contributed by atoms with van der Waals surface area (Å²) in [6.07, 6.45) is -4.53. The molecule has 0 bridgehead atoms. The molecule has 0 fully saturated rings. The second kappa shape index (κ2) is 17.5. The van der Waals surface area contributed by atoms with Gasteiger partial charge >= 0.3 is 6.18 Å². The number of rotatable bonds is 10. The van der Waals surface area contributed by atoms with Gasteiger partial charge in [-0.3, -0.25) is 14.5 Å². The first kappa shape index (κ1) is 37.1. The average Bonchev–Trinajstić information content (AvgIpc) is 3.01. The van der Waals surface area contributed by atoms with E-state index >= 15 is 0 Å². The molecule has 46 heavy (non-hydrogen) atoms. The Bertz CT molecular complexity index is 1260. The minimum absolute atomic E-state index is 0.132. The number of hydrogen-bond donors (Lipinski definition) is 2. The highest BCUT2D eigenvalue weighted by Gasteiger charge is 2.31. The summed E-state index contributed by atoms with van der Waals surface area (Å²) in [5.41, 5.74) is 1.45. The average molecular weight is 652 g/mol. The van der Waals surface area contributed by atoms with Crippen LogP contribution in [0.2, 0.25) is 0 Å². The number of likely N-dealkylation sites (N-methyl/N-ethyl adjacent to an activating group) is 1. The van der Waals surface area contributed by atoms with Gasteiger partial charge < -0.3 is 29.5 Å². The number of alkyl halides is 3. The quantitative estimate of drug-likeness (QED) is 0.330. The zero-order valence-electron chi connectivity index (χ0n) is 27.4. The number of aliphatic hydroxyl groups is 1. The van der Waals surface area contributed by atoms with Crippen LogP contribution in [-0.2, 0) is 16.1 Å². The number of ether oxygens (including phenoxy) is 3. The monoisotopic (exact) mass is 651 g/mol. The summed E-state index contributed by atoms with van der Waals surface area (Å²) in [5, 5.41) is 12.6. The molecule has 0 radical (unpaired) electrons. The molecule has 0 spiro atoms. The van der Waals surface area contributed by atoms with Gasteiger partial charge in [0, 0.05) is 44.3 Å². The smallest absolute Gasteiger partial charge is 0.389 e. The summed E-state index contributed by atoms with van der Waals surface area (Å²) in [6.45, 7) is 7.47. The van der Waals surface area contributed by atoms with Crippen LogP contribution in [0.25, 0.3) is 0 Å². The summed E-state index contributed by atoms with van der Waals surface area (Å²) in [4.78, 5) is 30.2. The summed E-state index contributed by atoms with van der Waals surface area (Å²) in [7, 11) is 3.65. The number of fused-ring (bicyclic) bond motifs is 1. The number of halogens is 3. The minimum Gasteiger partial charge on any atom is -0.497 e. The fraction of sp³-hybridized carbons (Fsp3) is 0.588. The summed E-state index contributed by atoms with van der Waals surface area (Å²) >= 11 is 0. The lowest BCUT2D eigenvalue weighted by Gasteiger charge is -2.36. The van der Waals surface area contributed by atoms with E-state index in [4.69, 9.17) is 14.2 Å². The molecule has 1 heterocycles. The van der Waals surface area contributed by atoms with Crippen molar-refractivity contribution in [1.29, 1.82) is 0 Å². The number of benzene rings is 2. The molecule has 4 atom stereocenters. The molecule has 12 heteroatoms. The number of methoxy groups -OCH3 is 1. The third-order valence-corrected chi connectivity index (χ3v) is 8.07. The second-order valence-corrected chi connectivity index (χ2v) is 12.2. The van der Waals surface area contributed by atoms with E-state index in [0.29, 0.717) is 31.9 Å². The van der Waals surface area contributed by atoms with Crippen molar-refractivity contribution in [2.75, 3.05) is 45.8 Å². The second-order valence-electron chi connectivity index (χ2n) is 12.2. The maximum absolute atomic E-state index is 14.2. The number of carbonyl (C=O) groups is 2. The van der Waals surface area contributed by atoms with E-state index in [0.717, 1.165) is 24.2 Å². The third kappa shape index (κ3) is 11.8. The zero-order valence-corrected chi connectivity index (χ0v) is 27.4. The predicted molar refractivity (Wildman–Crippen MR) is 170 cm³/mol. The molecule has 9 nitrogen and oxygen atoms in total. The number of amides is 2. The summed E-state index contributed by atoms with van der Waals surface area (Å²) < 4.78 is 55.8. The van der Waals surface area contributed by atoms with Gasteiger partial charge in [0.2, 0.25) is 5.91 Å². The molecule has 256 valence electrons. The zero-order chi connectivity index (χ0) is 33.9. The predicted octanol–water partition coefficient (Wildman–Crippen LogP) is 5.90. The van der Waals surface area contributed by atoms with Crippen molar-refractivity contribution in [2.45, 2.75) is 83.8 Å². The van der Waals surface area contributed by atoms with Gasteiger partial charge in [-0.15, -0.1) is 0 Å². The highest BCUT2D eigenvalue weighted by molar-refractivity contribution is 5.99. The maximum atomic E-state index is 14.2. The van der Waals surface area contributed by atoms with E-state index in [1.54, 1.807) is 25.0 Å². The molecule has 0 saturated carbocycles. The van der Waals surface area contributed by atoms with E-state index < -0.39 is 36.9 Å². The molecular weight excluding hydrogens is 603 g/mol. The first-order valence-corrected chi connectivity index (χ1v) is 15.8. The third-order valence-electron chi connectivity index (χ3n) is 8.07. The number of carbonyl (C=O) groups excluding carboxylic acids is 2. The van der Waals surface area contributed by atoms with Gasteiger partial charge in [-0.25, -0.2) is 0 Å². The van der Waals surface area contributed by atoms with Crippen LogP contribution in [0.1, 0.15) is 68.8 Å². The molecule has 3 rings (SSSR count). The lowest BCUT2D eigenvalue weighted by Crippen LogP contribution is -2.47. The molecular formula is C34H48F3N3O6. The molecule has 1 aliphatic heterocycles. The normalized spacial score (nSPS) is 20.8. The van der Waals surface area contributed by atoms with Crippen molar-refractivity contribution >= 4 is 17.5 Å². The van der Waals surface area contributed by atoms with Crippen molar-refractivity contribution < 1.29 is 42.1 Å². The van der Waals surface area contributed by atoms with E-state index in [1.165, 1.54) is 12.1 Å². The fourth-order valence-electron chi connectivity index (χ4n) is 5.36. The van der Waals surface area contributed by atoms with Crippen LogP contribution in [0.15, 0.2) is 42.5 Å². The van der Waals surface area contributed by atoms with E-state index in [-0.39, 0.29) is 42.5 Å². The molecule has 2 aromatic rings. The van der Waals surface area contributed by atoms with Crippen molar-refractivity contribution in [3.05, 3.63) is 53.6 Å².